The summed E-state index contributed by atoms with van der Waals surface area (Å²) in [6, 6.07) is 8.48. The van der Waals surface area contributed by atoms with Crippen molar-refractivity contribution < 1.29 is 22.0 Å². The third-order valence-electron chi connectivity index (χ3n) is 3.40. The Morgan fingerprint density at radius 2 is 1.81 bits per heavy atom. The first-order valence-electron chi connectivity index (χ1n) is 7.56. The fourth-order valence-electron chi connectivity index (χ4n) is 2.23. The smallest absolute Gasteiger partial charge is 0.264 e. The zero-order valence-corrected chi connectivity index (χ0v) is 15.5. The molecule has 0 atom stereocenters. The molecule has 6 nitrogen and oxygen atoms in total. The first-order chi connectivity index (χ1) is 12.7. The molecule has 1 heterocycles. The van der Waals surface area contributed by atoms with E-state index in [1.54, 1.807) is 17.5 Å². The van der Waals surface area contributed by atoms with Gasteiger partial charge >= 0.3 is 0 Å². The van der Waals surface area contributed by atoms with E-state index in [9.17, 15) is 22.0 Å². The van der Waals surface area contributed by atoms with E-state index in [0.29, 0.717) is 22.5 Å². The lowest BCUT2D eigenvalue weighted by molar-refractivity contribution is -0.114. The number of amides is 1. The van der Waals surface area contributed by atoms with Crippen molar-refractivity contribution in [2.75, 3.05) is 10.0 Å². The van der Waals surface area contributed by atoms with Crippen LogP contribution < -0.4 is 10.0 Å². The summed E-state index contributed by atoms with van der Waals surface area (Å²) < 4.78 is 53.5. The molecule has 0 aliphatic heterocycles. The number of aromatic nitrogens is 1. The van der Waals surface area contributed by atoms with Crippen LogP contribution in [0.2, 0.25) is 0 Å². The quantitative estimate of drug-likeness (QED) is 0.670. The summed E-state index contributed by atoms with van der Waals surface area (Å²) in [6.07, 6.45) is 0. The summed E-state index contributed by atoms with van der Waals surface area (Å²) in [5.74, 6) is -2.27. The van der Waals surface area contributed by atoms with Gasteiger partial charge in [-0.25, -0.2) is 22.2 Å². The van der Waals surface area contributed by atoms with Gasteiger partial charge in [0, 0.05) is 29.6 Å². The monoisotopic (exact) mass is 409 g/mol. The van der Waals surface area contributed by atoms with Crippen LogP contribution in [-0.4, -0.2) is 19.3 Å². The zero-order chi connectivity index (χ0) is 19.6. The number of carbonyl (C=O) groups is 1. The van der Waals surface area contributed by atoms with Crippen LogP contribution in [0.25, 0.3) is 11.3 Å². The van der Waals surface area contributed by atoms with Crippen molar-refractivity contribution in [3.8, 4) is 11.3 Å². The predicted molar refractivity (Wildman–Crippen MR) is 99.0 cm³/mol. The van der Waals surface area contributed by atoms with Gasteiger partial charge in [-0.3, -0.25) is 9.52 Å². The van der Waals surface area contributed by atoms with Crippen molar-refractivity contribution in [1.82, 2.24) is 4.98 Å². The average molecular weight is 409 g/mol. The lowest BCUT2D eigenvalue weighted by Gasteiger charge is -2.09. The van der Waals surface area contributed by atoms with Crippen molar-refractivity contribution in [3.05, 3.63) is 59.5 Å². The maximum Gasteiger partial charge on any atom is 0.264 e. The summed E-state index contributed by atoms with van der Waals surface area (Å²) in [4.78, 5) is 14.6. The third-order valence-corrected chi connectivity index (χ3v) is 5.58. The van der Waals surface area contributed by atoms with Crippen LogP contribution in [-0.2, 0) is 14.8 Å². The van der Waals surface area contributed by atoms with Crippen molar-refractivity contribution in [3.63, 3.8) is 0 Å². The van der Waals surface area contributed by atoms with Crippen LogP contribution in [0.1, 0.15) is 6.92 Å². The van der Waals surface area contributed by atoms with Crippen LogP contribution in [0.15, 0.2) is 52.7 Å². The SMILES string of the molecule is CC(=O)Nc1nc(-c2ccc(NS(=O)(=O)c3ccc(F)cc3F)cc2)cs1. The van der Waals surface area contributed by atoms with Gasteiger partial charge in [-0.05, 0) is 24.3 Å². The summed E-state index contributed by atoms with van der Waals surface area (Å²) in [5.41, 5.74) is 1.53. The molecule has 0 aliphatic carbocycles. The molecule has 0 unspecified atom stereocenters. The van der Waals surface area contributed by atoms with Gasteiger partial charge in [-0.15, -0.1) is 11.3 Å². The van der Waals surface area contributed by atoms with Crippen LogP contribution in [0.3, 0.4) is 0 Å². The Kier molecular flexibility index (Phi) is 5.19. The Labute approximate surface area is 157 Å². The van der Waals surface area contributed by atoms with Gasteiger partial charge in [0.15, 0.2) is 5.13 Å². The van der Waals surface area contributed by atoms with Gasteiger partial charge in [-0.1, -0.05) is 12.1 Å². The second-order valence-electron chi connectivity index (χ2n) is 5.48. The van der Waals surface area contributed by atoms with E-state index in [2.05, 4.69) is 15.0 Å². The molecule has 0 bridgehead atoms. The highest BCUT2D eigenvalue weighted by atomic mass is 32.2. The minimum absolute atomic E-state index is 0.208. The van der Waals surface area contributed by atoms with Gasteiger partial charge in [0.2, 0.25) is 5.91 Å². The van der Waals surface area contributed by atoms with E-state index >= 15 is 0 Å². The standard InChI is InChI=1S/C17H13F2N3O3S2/c1-10(23)20-17-21-15(9-26-17)11-2-5-13(6-3-11)22-27(24,25)16-7-4-12(18)8-14(16)19/h2-9,22H,1H3,(H,20,21,23). The number of benzene rings is 2. The Hall–Kier alpha value is -2.85. The normalized spacial score (nSPS) is 11.2. The highest BCUT2D eigenvalue weighted by Crippen LogP contribution is 2.27. The molecule has 1 amide bonds. The van der Waals surface area contributed by atoms with E-state index in [1.807, 2.05) is 0 Å². The molecule has 140 valence electrons. The predicted octanol–water partition coefficient (Wildman–Crippen LogP) is 3.85. The van der Waals surface area contributed by atoms with Gasteiger partial charge in [0.1, 0.15) is 16.5 Å². The van der Waals surface area contributed by atoms with Crippen LogP contribution in [0.5, 0.6) is 0 Å². The maximum atomic E-state index is 13.7. The number of nitrogens with zero attached hydrogens (tertiary/aromatic N) is 1. The Morgan fingerprint density at radius 1 is 1.11 bits per heavy atom. The van der Waals surface area contributed by atoms with E-state index in [4.69, 9.17) is 0 Å². The summed E-state index contributed by atoms with van der Waals surface area (Å²) >= 11 is 1.26. The largest absolute Gasteiger partial charge is 0.302 e. The van der Waals surface area contributed by atoms with Crippen molar-refractivity contribution in [2.45, 2.75) is 11.8 Å². The van der Waals surface area contributed by atoms with Gasteiger partial charge < -0.3 is 5.32 Å². The second-order valence-corrected chi connectivity index (χ2v) is 7.99. The minimum Gasteiger partial charge on any atom is -0.302 e. The van der Waals surface area contributed by atoms with E-state index in [-0.39, 0.29) is 11.6 Å². The molecule has 0 fully saturated rings. The highest BCUT2D eigenvalue weighted by molar-refractivity contribution is 7.92. The Bertz CT molecular complexity index is 1100. The molecule has 0 radical (unpaired) electrons. The van der Waals surface area contributed by atoms with Crippen molar-refractivity contribution in [1.29, 1.82) is 0 Å². The third kappa shape index (κ3) is 4.47. The van der Waals surface area contributed by atoms with Gasteiger partial charge in [0.25, 0.3) is 10.0 Å². The fourth-order valence-corrected chi connectivity index (χ4v) is 4.11. The fraction of sp³-hybridized carbons (Fsp3) is 0.0588. The minimum atomic E-state index is -4.20. The highest BCUT2D eigenvalue weighted by Gasteiger charge is 2.19. The van der Waals surface area contributed by atoms with Crippen molar-refractivity contribution in [2.24, 2.45) is 0 Å². The molecule has 27 heavy (non-hydrogen) atoms. The van der Waals surface area contributed by atoms with E-state index in [0.717, 1.165) is 12.1 Å². The first-order valence-corrected chi connectivity index (χ1v) is 9.92. The number of rotatable bonds is 5. The van der Waals surface area contributed by atoms with Crippen LogP contribution >= 0.6 is 11.3 Å². The molecule has 0 saturated heterocycles. The molecule has 1 aromatic heterocycles. The van der Waals surface area contributed by atoms with Crippen molar-refractivity contribution >= 4 is 38.1 Å². The number of halogens is 2. The molecule has 3 rings (SSSR count). The van der Waals surface area contributed by atoms with E-state index < -0.39 is 26.6 Å². The lowest BCUT2D eigenvalue weighted by Crippen LogP contribution is -2.14. The van der Waals surface area contributed by atoms with Gasteiger partial charge in [-0.2, -0.15) is 0 Å². The molecular weight excluding hydrogens is 396 g/mol. The summed E-state index contributed by atoms with van der Waals surface area (Å²) in [7, 11) is -4.20. The number of hydrogen-bond donors (Lipinski definition) is 2. The molecule has 2 aromatic carbocycles. The van der Waals surface area contributed by atoms with Crippen LogP contribution in [0.4, 0.5) is 19.6 Å². The van der Waals surface area contributed by atoms with Crippen LogP contribution in [0, 0.1) is 11.6 Å². The molecular formula is C17H13F2N3O3S2. The second kappa shape index (κ2) is 7.41. The average Bonchev–Trinajstić information content (AvgIpc) is 3.02. The number of anilines is 2. The summed E-state index contributed by atoms with van der Waals surface area (Å²) in [6.45, 7) is 1.38. The zero-order valence-electron chi connectivity index (χ0n) is 13.9. The molecule has 0 saturated carbocycles. The Morgan fingerprint density at radius 3 is 2.44 bits per heavy atom. The first kappa shape index (κ1) is 18.9. The lowest BCUT2D eigenvalue weighted by atomic mass is 10.1. The van der Waals surface area contributed by atoms with E-state index in [1.165, 1.54) is 30.4 Å². The topological polar surface area (TPSA) is 88.2 Å². The molecule has 0 aliphatic rings. The number of sulfonamides is 1. The number of hydrogen-bond acceptors (Lipinski definition) is 5. The molecule has 10 heteroatoms. The summed E-state index contributed by atoms with van der Waals surface area (Å²) in [5, 5.41) is 4.78. The molecule has 0 spiro atoms. The molecule has 2 N–H and O–H groups in total. The number of carbonyl (C=O) groups excluding carboxylic acids is 1. The maximum absolute atomic E-state index is 13.7. The Balaban J connectivity index is 1.79. The number of nitrogens with one attached hydrogen (secondary N) is 2. The van der Waals surface area contributed by atoms with Gasteiger partial charge in [0.05, 0.1) is 5.69 Å². The number of thiazole rings is 1. The molecule has 3 aromatic rings.